The predicted molar refractivity (Wildman–Crippen MR) is 115 cm³/mol. The van der Waals surface area contributed by atoms with Gasteiger partial charge in [-0.05, 0) is 35.9 Å². The molecular formula is C22H27F3Si2. The zero-order valence-electron chi connectivity index (χ0n) is 16.9. The summed E-state index contributed by atoms with van der Waals surface area (Å²) in [5.74, 6) is 9.60. The number of halogens is 3. The lowest BCUT2D eigenvalue weighted by molar-refractivity contribution is -0.137. The first-order valence-electron chi connectivity index (χ1n) is 8.81. The molecule has 0 spiro atoms. The van der Waals surface area contributed by atoms with Crippen molar-refractivity contribution in [3.63, 3.8) is 0 Å². The van der Waals surface area contributed by atoms with Gasteiger partial charge in [-0.1, -0.05) is 63.1 Å². The molecule has 0 saturated carbocycles. The SMILES string of the molecule is C=CC/C(C#C[Si](C)(C)C)=C(/C#Cc1ccc(C(F)(F)F)cc1)[Si](C)(C)C. The van der Waals surface area contributed by atoms with Crippen LogP contribution in [0.15, 0.2) is 47.7 Å². The van der Waals surface area contributed by atoms with Gasteiger partial charge in [0, 0.05) is 11.1 Å². The van der Waals surface area contributed by atoms with Crippen molar-refractivity contribution < 1.29 is 13.2 Å². The fourth-order valence-electron chi connectivity index (χ4n) is 2.22. The number of allylic oxidation sites excluding steroid dienone is 3. The smallest absolute Gasteiger partial charge is 0.166 e. The van der Waals surface area contributed by atoms with E-state index in [1.165, 1.54) is 12.1 Å². The minimum Gasteiger partial charge on any atom is -0.166 e. The van der Waals surface area contributed by atoms with E-state index >= 15 is 0 Å². The fourth-order valence-corrected chi connectivity index (χ4v) is 4.25. The van der Waals surface area contributed by atoms with Gasteiger partial charge in [-0.15, -0.1) is 12.1 Å². The third kappa shape index (κ3) is 8.07. The highest BCUT2D eigenvalue weighted by molar-refractivity contribution is 6.85. The van der Waals surface area contributed by atoms with E-state index in [0.29, 0.717) is 12.0 Å². The molecule has 0 saturated heterocycles. The molecule has 0 bridgehead atoms. The number of hydrogen-bond donors (Lipinski definition) is 0. The van der Waals surface area contributed by atoms with Crippen molar-refractivity contribution in [2.75, 3.05) is 0 Å². The molecule has 1 aromatic rings. The van der Waals surface area contributed by atoms with E-state index in [9.17, 15) is 13.2 Å². The summed E-state index contributed by atoms with van der Waals surface area (Å²) < 4.78 is 38.1. The van der Waals surface area contributed by atoms with Crippen molar-refractivity contribution in [1.29, 1.82) is 0 Å². The minimum absolute atomic E-state index is 0.565. The Morgan fingerprint density at radius 3 is 1.96 bits per heavy atom. The summed E-state index contributed by atoms with van der Waals surface area (Å²) in [6.45, 7) is 17.0. The molecule has 1 aromatic carbocycles. The molecule has 0 heterocycles. The van der Waals surface area contributed by atoms with Crippen LogP contribution in [0, 0.1) is 23.3 Å². The van der Waals surface area contributed by atoms with Crippen molar-refractivity contribution in [3.8, 4) is 23.3 Å². The Hall–Kier alpha value is -1.96. The maximum absolute atomic E-state index is 12.7. The molecule has 0 unspecified atom stereocenters. The van der Waals surface area contributed by atoms with E-state index in [1.807, 2.05) is 6.08 Å². The van der Waals surface area contributed by atoms with E-state index in [2.05, 4.69) is 69.2 Å². The minimum atomic E-state index is -4.33. The van der Waals surface area contributed by atoms with E-state index in [-0.39, 0.29) is 0 Å². The summed E-state index contributed by atoms with van der Waals surface area (Å²) in [7, 11) is -3.32. The van der Waals surface area contributed by atoms with Gasteiger partial charge in [0.05, 0.1) is 13.6 Å². The average molecular weight is 405 g/mol. The average Bonchev–Trinajstić information content (AvgIpc) is 2.50. The first kappa shape index (κ1) is 23.1. The highest BCUT2D eigenvalue weighted by atomic mass is 28.3. The summed E-state index contributed by atoms with van der Waals surface area (Å²) in [6, 6.07) is 4.96. The molecule has 5 heteroatoms. The van der Waals surface area contributed by atoms with Crippen LogP contribution in [0.4, 0.5) is 13.2 Å². The largest absolute Gasteiger partial charge is 0.416 e. The molecule has 27 heavy (non-hydrogen) atoms. The molecule has 0 aliphatic heterocycles. The van der Waals surface area contributed by atoms with Crippen LogP contribution in [0.5, 0.6) is 0 Å². The van der Waals surface area contributed by atoms with E-state index in [0.717, 1.165) is 22.9 Å². The molecule has 0 radical (unpaired) electrons. The molecule has 0 N–H and O–H groups in total. The zero-order valence-corrected chi connectivity index (χ0v) is 18.9. The monoisotopic (exact) mass is 404 g/mol. The molecule has 0 aliphatic carbocycles. The quantitative estimate of drug-likeness (QED) is 0.299. The summed E-state index contributed by atoms with van der Waals surface area (Å²) in [5.41, 5.74) is 4.29. The molecule has 0 aliphatic rings. The lowest BCUT2D eigenvalue weighted by Gasteiger charge is -2.18. The van der Waals surface area contributed by atoms with Crippen molar-refractivity contribution in [3.05, 3.63) is 58.8 Å². The highest BCUT2D eigenvalue weighted by Crippen LogP contribution is 2.29. The van der Waals surface area contributed by atoms with Crippen LogP contribution in [0.1, 0.15) is 17.5 Å². The zero-order chi connectivity index (χ0) is 20.9. The number of benzene rings is 1. The molecule has 0 amide bonds. The lowest BCUT2D eigenvalue weighted by Crippen LogP contribution is -2.25. The summed E-state index contributed by atoms with van der Waals surface area (Å²) >= 11 is 0. The first-order valence-corrected chi connectivity index (χ1v) is 15.8. The van der Waals surface area contributed by atoms with Crippen LogP contribution >= 0.6 is 0 Å². The normalized spacial score (nSPS) is 12.9. The maximum atomic E-state index is 12.7. The summed E-state index contributed by atoms with van der Waals surface area (Å²) in [4.78, 5) is 0. The van der Waals surface area contributed by atoms with Crippen molar-refractivity contribution in [2.45, 2.75) is 51.9 Å². The molecule has 0 atom stereocenters. The highest BCUT2D eigenvalue weighted by Gasteiger charge is 2.29. The van der Waals surface area contributed by atoms with Gasteiger partial charge in [-0.3, -0.25) is 0 Å². The molecule has 0 fully saturated rings. The van der Waals surface area contributed by atoms with Crippen molar-refractivity contribution in [2.24, 2.45) is 0 Å². The van der Waals surface area contributed by atoms with Crippen LogP contribution in [0.3, 0.4) is 0 Å². The number of rotatable bonds is 3. The van der Waals surface area contributed by atoms with Gasteiger partial charge in [0.2, 0.25) is 0 Å². The van der Waals surface area contributed by atoms with Gasteiger partial charge in [-0.25, -0.2) is 0 Å². The Bertz CT molecular complexity index is 823. The molecule has 0 nitrogen and oxygen atoms in total. The Morgan fingerprint density at radius 2 is 1.56 bits per heavy atom. The topological polar surface area (TPSA) is 0 Å². The van der Waals surface area contributed by atoms with E-state index in [1.54, 1.807) is 0 Å². The molecule has 144 valence electrons. The van der Waals surface area contributed by atoms with Crippen LogP contribution < -0.4 is 0 Å². The Labute approximate surface area is 163 Å². The van der Waals surface area contributed by atoms with Crippen LogP contribution in [0.2, 0.25) is 39.3 Å². The van der Waals surface area contributed by atoms with Gasteiger partial charge in [0.15, 0.2) is 0 Å². The summed E-state index contributed by atoms with van der Waals surface area (Å²) in [6.07, 6.45) is -1.86. The van der Waals surface area contributed by atoms with Crippen molar-refractivity contribution >= 4 is 16.1 Å². The molecular weight excluding hydrogens is 377 g/mol. The van der Waals surface area contributed by atoms with Gasteiger partial charge in [0.1, 0.15) is 8.07 Å². The van der Waals surface area contributed by atoms with Gasteiger partial charge >= 0.3 is 6.18 Å². The van der Waals surface area contributed by atoms with Gasteiger partial charge in [-0.2, -0.15) is 13.2 Å². The predicted octanol–water partition coefficient (Wildman–Crippen LogP) is 6.69. The Kier molecular flexibility index (Phi) is 7.54. The van der Waals surface area contributed by atoms with Crippen LogP contribution in [-0.2, 0) is 6.18 Å². The number of hydrogen-bond acceptors (Lipinski definition) is 0. The molecule has 0 aromatic heterocycles. The van der Waals surface area contributed by atoms with Crippen LogP contribution in [0.25, 0.3) is 0 Å². The van der Waals surface area contributed by atoms with Crippen LogP contribution in [-0.4, -0.2) is 16.1 Å². The van der Waals surface area contributed by atoms with Crippen molar-refractivity contribution in [1.82, 2.24) is 0 Å². The maximum Gasteiger partial charge on any atom is 0.416 e. The first-order chi connectivity index (χ1) is 12.2. The summed E-state index contributed by atoms with van der Waals surface area (Å²) in [5, 5.41) is 1.04. The Balaban J connectivity index is 3.42. The van der Waals surface area contributed by atoms with E-state index in [4.69, 9.17) is 0 Å². The molecule has 1 rings (SSSR count). The second-order valence-corrected chi connectivity index (χ2v) is 18.2. The van der Waals surface area contributed by atoms with Gasteiger partial charge in [0.25, 0.3) is 0 Å². The standard InChI is InChI=1S/C22H27F3Si2/c1-8-9-19(16-17-26(2,3)4)21(27(5,6)7)15-12-18-10-13-20(14-11-18)22(23,24)25/h8,10-11,13-14H,1,9H2,2-7H3/b21-19+. The third-order valence-electron chi connectivity index (χ3n) is 3.53. The lowest BCUT2D eigenvalue weighted by atomic mass is 10.1. The Morgan fingerprint density at radius 1 is 1.00 bits per heavy atom. The number of alkyl halides is 3. The second-order valence-electron chi connectivity index (χ2n) is 8.42. The van der Waals surface area contributed by atoms with E-state index < -0.39 is 27.9 Å². The second kappa shape index (κ2) is 8.82. The fraction of sp³-hybridized carbons (Fsp3) is 0.364. The van der Waals surface area contributed by atoms with Gasteiger partial charge < -0.3 is 0 Å². The third-order valence-corrected chi connectivity index (χ3v) is 6.33.